The van der Waals surface area contributed by atoms with Gasteiger partial charge in [0.2, 0.25) is 11.8 Å². The smallest absolute Gasteiger partial charge is 0.248 e. The Balaban J connectivity index is 1.33. The van der Waals surface area contributed by atoms with Gasteiger partial charge in [-0.3, -0.25) is 14.5 Å². The van der Waals surface area contributed by atoms with E-state index >= 15 is 0 Å². The van der Waals surface area contributed by atoms with Gasteiger partial charge < -0.3 is 16.0 Å². The summed E-state index contributed by atoms with van der Waals surface area (Å²) in [5.74, 6) is 0.174. The summed E-state index contributed by atoms with van der Waals surface area (Å²) in [5, 5.41) is 11.2. The second kappa shape index (κ2) is 8.41. The first-order chi connectivity index (χ1) is 14.5. The van der Waals surface area contributed by atoms with Crippen LogP contribution >= 0.6 is 0 Å². The van der Waals surface area contributed by atoms with Crippen molar-refractivity contribution in [1.29, 1.82) is 0 Å². The Morgan fingerprint density at radius 2 is 1.83 bits per heavy atom. The lowest BCUT2D eigenvalue weighted by Crippen LogP contribution is -2.49. The number of nitrogens with zero attached hydrogens (tertiary/aromatic N) is 7. The molecule has 3 heterocycles. The summed E-state index contributed by atoms with van der Waals surface area (Å²) >= 11 is 0. The number of nitrogens with two attached hydrogens (primary N) is 1. The molecule has 0 atom stereocenters. The molecule has 11 heteroatoms. The fourth-order valence-corrected chi connectivity index (χ4v) is 3.46. The Morgan fingerprint density at radius 1 is 1.10 bits per heavy atom. The average Bonchev–Trinajstić information content (AvgIpc) is 3.18. The van der Waals surface area contributed by atoms with Crippen molar-refractivity contribution >= 4 is 34.5 Å². The van der Waals surface area contributed by atoms with Crippen molar-refractivity contribution < 1.29 is 9.59 Å². The van der Waals surface area contributed by atoms with Gasteiger partial charge in [-0.25, -0.2) is 14.6 Å². The first-order valence-corrected chi connectivity index (χ1v) is 9.76. The van der Waals surface area contributed by atoms with E-state index in [1.165, 1.54) is 6.33 Å². The number of carbonyl (C=O) groups excluding carboxylic acids is 2. The monoisotopic (exact) mass is 409 g/mol. The number of rotatable bonds is 6. The fraction of sp³-hybridized carbons (Fsp3) is 0.368. The van der Waals surface area contributed by atoms with E-state index in [4.69, 9.17) is 5.73 Å². The Bertz CT molecular complexity index is 1060. The maximum Gasteiger partial charge on any atom is 0.248 e. The van der Waals surface area contributed by atoms with Crippen LogP contribution in [0, 0.1) is 0 Å². The Hall–Kier alpha value is -3.60. The first kappa shape index (κ1) is 19.7. The van der Waals surface area contributed by atoms with E-state index in [0.717, 1.165) is 37.6 Å². The van der Waals surface area contributed by atoms with Crippen molar-refractivity contribution in [2.24, 2.45) is 5.73 Å². The number of aryl methyl sites for hydroxylation is 1. The molecule has 3 N–H and O–H groups in total. The van der Waals surface area contributed by atoms with Crippen molar-refractivity contribution in [3.8, 4) is 0 Å². The van der Waals surface area contributed by atoms with Crippen molar-refractivity contribution in [3.05, 3.63) is 36.2 Å². The van der Waals surface area contributed by atoms with Gasteiger partial charge in [0, 0.05) is 44.0 Å². The molecule has 1 saturated heterocycles. The zero-order valence-corrected chi connectivity index (χ0v) is 16.7. The number of fused-ring (bicyclic) bond motifs is 1. The number of hydrogen-bond acceptors (Lipinski definition) is 8. The van der Waals surface area contributed by atoms with Crippen molar-refractivity contribution in [2.75, 3.05) is 42.9 Å². The summed E-state index contributed by atoms with van der Waals surface area (Å²) in [4.78, 5) is 36.4. The Kier molecular flexibility index (Phi) is 5.53. The third kappa shape index (κ3) is 4.06. The summed E-state index contributed by atoms with van der Waals surface area (Å²) in [6.07, 6.45) is 1.54. The number of nitrogens with one attached hydrogen (secondary N) is 1. The molecule has 1 aliphatic rings. The number of primary amides is 1. The van der Waals surface area contributed by atoms with Crippen molar-refractivity contribution in [3.63, 3.8) is 0 Å². The zero-order chi connectivity index (χ0) is 21.1. The largest absolute Gasteiger partial charge is 0.366 e. The summed E-state index contributed by atoms with van der Waals surface area (Å²) in [6, 6.07) is 6.52. The lowest BCUT2D eigenvalue weighted by atomic mass is 10.2. The molecular weight excluding hydrogens is 386 g/mol. The number of aromatic nitrogens is 5. The normalized spacial score (nSPS) is 14.8. The van der Waals surface area contributed by atoms with Crippen LogP contribution < -0.4 is 16.0 Å². The highest BCUT2D eigenvalue weighted by molar-refractivity contribution is 5.95. The molecule has 0 aliphatic carbocycles. The van der Waals surface area contributed by atoms with E-state index in [2.05, 4.69) is 35.4 Å². The lowest BCUT2D eigenvalue weighted by Gasteiger charge is -2.34. The molecule has 0 bridgehead atoms. The molecule has 0 radical (unpaired) electrons. The third-order valence-electron chi connectivity index (χ3n) is 5.07. The maximum absolute atomic E-state index is 12.4. The van der Waals surface area contributed by atoms with Crippen LogP contribution in [0.1, 0.15) is 17.3 Å². The van der Waals surface area contributed by atoms with Crippen LogP contribution in [-0.2, 0) is 11.3 Å². The van der Waals surface area contributed by atoms with Crippen molar-refractivity contribution in [2.45, 2.75) is 13.5 Å². The van der Waals surface area contributed by atoms with Gasteiger partial charge in [-0.15, -0.1) is 5.10 Å². The number of amides is 2. The molecule has 156 valence electrons. The van der Waals surface area contributed by atoms with Crippen LogP contribution in [0.5, 0.6) is 0 Å². The number of carbonyl (C=O) groups is 2. The summed E-state index contributed by atoms with van der Waals surface area (Å²) in [7, 11) is 0. The van der Waals surface area contributed by atoms with Gasteiger partial charge in [-0.2, -0.15) is 0 Å². The zero-order valence-electron chi connectivity index (χ0n) is 16.7. The summed E-state index contributed by atoms with van der Waals surface area (Å²) in [6.45, 7) is 5.88. The second-order valence-electron chi connectivity index (χ2n) is 7.03. The minimum Gasteiger partial charge on any atom is -0.366 e. The van der Waals surface area contributed by atoms with Crippen LogP contribution in [0.4, 0.5) is 11.5 Å². The topological polar surface area (TPSA) is 135 Å². The molecule has 1 aliphatic heterocycles. The second-order valence-corrected chi connectivity index (χ2v) is 7.03. The lowest BCUT2D eigenvalue weighted by molar-refractivity contribution is -0.117. The number of benzene rings is 1. The van der Waals surface area contributed by atoms with Crippen LogP contribution in [-0.4, -0.2) is 74.4 Å². The molecule has 1 aromatic carbocycles. The van der Waals surface area contributed by atoms with E-state index in [1.807, 2.05) is 6.92 Å². The molecular formula is C19H23N9O2. The number of anilines is 2. The van der Waals surface area contributed by atoms with Gasteiger partial charge in [0.1, 0.15) is 6.33 Å². The van der Waals surface area contributed by atoms with Crippen LogP contribution in [0.25, 0.3) is 11.2 Å². The Labute approximate surface area is 172 Å². The van der Waals surface area contributed by atoms with Crippen LogP contribution in [0.3, 0.4) is 0 Å². The molecule has 2 amide bonds. The third-order valence-corrected chi connectivity index (χ3v) is 5.07. The molecule has 0 unspecified atom stereocenters. The fourth-order valence-electron chi connectivity index (χ4n) is 3.46. The Morgan fingerprint density at radius 3 is 2.50 bits per heavy atom. The van der Waals surface area contributed by atoms with Crippen molar-refractivity contribution in [1.82, 2.24) is 29.9 Å². The molecule has 2 aromatic heterocycles. The minimum atomic E-state index is -0.496. The first-order valence-electron chi connectivity index (χ1n) is 9.76. The molecule has 0 spiro atoms. The highest BCUT2D eigenvalue weighted by Gasteiger charge is 2.23. The van der Waals surface area contributed by atoms with Gasteiger partial charge in [0.25, 0.3) is 0 Å². The molecule has 1 fully saturated rings. The van der Waals surface area contributed by atoms with E-state index in [0.29, 0.717) is 23.3 Å². The maximum atomic E-state index is 12.4. The predicted molar refractivity (Wildman–Crippen MR) is 111 cm³/mol. The molecule has 11 nitrogen and oxygen atoms in total. The molecule has 3 aromatic rings. The van der Waals surface area contributed by atoms with Crippen LogP contribution in [0.15, 0.2) is 30.6 Å². The van der Waals surface area contributed by atoms with Gasteiger partial charge >= 0.3 is 0 Å². The van der Waals surface area contributed by atoms with Gasteiger partial charge in [0.05, 0.1) is 6.54 Å². The SMILES string of the molecule is CCn1nnc2c(N3CCN(CC(=O)Nc4ccc(C(N)=O)cc4)CC3)ncnc21. The standard InChI is InChI=1S/C19H23N9O2/c1-2-28-19-16(24-25-28)18(21-12-22-19)27-9-7-26(8-10-27)11-15(29)23-14-5-3-13(4-6-14)17(20)30/h3-6,12H,2,7-11H2,1H3,(H2,20,30)(H,23,29). The minimum absolute atomic E-state index is 0.106. The summed E-state index contributed by atoms with van der Waals surface area (Å²) < 4.78 is 1.75. The highest BCUT2D eigenvalue weighted by Crippen LogP contribution is 2.21. The number of hydrogen-bond donors (Lipinski definition) is 2. The molecule has 4 rings (SSSR count). The van der Waals surface area contributed by atoms with Crippen LogP contribution in [0.2, 0.25) is 0 Å². The molecule has 0 saturated carbocycles. The highest BCUT2D eigenvalue weighted by atomic mass is 16.2. The predicted octanol–water partition coefficient (Wildman–Crippen LogP) is 0.101. The van der Waals surface area contributed by atoms with E-state index in [9.17, 15) is 9.59 Å². The quantitative estimate of drug-likeness (QED) is 0.585. The van der Waals surface area contributed by atoms with Gasteiger partial charge in [0.15, 0.2) is 17.0 Å². The van der Waals surface area contributed by atoms with E-state index < -0.39 is 5.91 Å². The van der Waals surface area contributed by atoms with Gasteiger partial charge in [-0.1, -0.05) is 5.21 Å². The average molecular weight is 409 g/mol. The van der Waals surface area contributed by atoms with E-state index in [-0.39, 0.29) is 12.5 Å². The van der Waals surface area contributed by atoms with Gasteiger partial charge in [-0.05, 0) is 31.2 Å². The van der Waals surface area contributed by atoms with E-state index in [1.54, 1.807) is 28.9 Å². The molecule has 30 heavy (non-hydrogen) atoms. The number of piperazine rings is 1. The summed E-state index contributed by atoms with van der Waals surface area (Å²) in [5.41, 5.74) is 7.69.